The third-order valence-electron chi connectivity index (χ3n) is 4.78. The lowest BCUT2D eigenvalue weighted by Gasteiger charge is -2.13. The van der Waals surface area contributed by atoms with Gasteiger partial charge in [-0.25, -0.2) is 0 Å². The molecule has 0 bridgehead atoms. The normalized spacial score (nSPS) is 12.1. The predicted octanol–water partition coefficient (Wildman–Crippen LogP) is 2.52. The van der Waals surface area contributed by atoms with Crippen LogP contribution < -0.4 is 10.5 Å². The predicted molar refractivity (Wildman–Crippen MR) is 122 cm³/mol. The standard InChI is InChI=1S/C24H35NO7/c1-19(20-3-4-22-18-23(27-2)6-5-21(22)17-20)24(26)32-16-15-31-14-13-30-12-11-29-10-9-28-8-7-25/h3-6,17-19H,7-16,25H2,1-2H3/t19-/m0/s1. The maximum atomic E-state index is 12.3. The van der Waals surface area contributed by atoms with E-state index in [4.69, 9.17) is 34.2 Å². The quantitative estimate of drug-likeness (QED) is 0.291. The maximum Gasteiger partial charge on any atom is 0.313 e. The fourth-order valence-electron chi connectivity index (χ4n) is 2.95. The van der Waals surface area contributed by atoms with Gasteiger partial charge in [-0.2, -0.15) is 0 Å². The molecule has 0 aromatic heterocycles. The van der Waals surface area contributed by atoms with Crippen molar-refractivity contribution in [3.63, 3.8) is 0 Å². The number of carbonyl (C=O) groups excluding carboxylic acids is 1. The molecule has 2 N–H and O–H groups in total. The molecule has 0 heterocycles. The van der Waals surface area contributed by atoms with Crippen LogP contribution in [-0.4, -0.2) is 79.1 Å². The van der Waals surface area contributed by atoms with Crippen LogP contribution in [0.2, 0.25) is 0 Å². The van der Waals surface area contributed by atoms with Gasteiger partial charge in [0.25, 0.3) is 0 Å². The summed E-state index contributed by atoms with van der Waals surface area (Å²) < 4.78 is 32.0. The molecule has 0 aliphatic rings. The van der Waals surface area contributed by atoms with E-state index in [1.165, 1.54) is 0 Å². The van der Waals surface area contributed by atoms with Crippen molar-refractivity contribution in [3.05, 3.63) is 42.0 Å². The highest BCUT2D eigenvalue weighted by molar-refractivity contribution is 5.86. The lowest BCUT2D eigenvalue weighted by Crippen LogP contribution is -2.17. The number of methoxy groups -OCH3 is 1. The van der Waals surface area contributed by atoms with Crippen LogP contribution in [0.25, 0.3) is 10.8 Å². The molecule has 1 atom stereocenters. The zero-order valence-electron chi connectivity index (χ0n) is 19.0. The first-order valence-electron chi connectivity index (χ1n) is 10.9. The zero-order chi connectivity index (χ0) is 23.0. The van der Waals surface area contributed by atoms with Gasteiger partial charge in [0.15, 0.2) is 0 Å². The van der Waals surface area contributed by atoms with E-state index in [0.717, 1.165) is 22.1 Å². The number of esters is 1. The van der Waals surface area contributed by atoms with E-state index in [-0.39, 0.29) is 18.5 Å². The van der Waals surface area contributed by atoms with E-state index in [0.29, 0.717) is 59.4 Å². The minimum absolute atomic E-state index is 0.208. The summed E-state index contributed by atoms with van der Waals surface area (Å²) >= 11 is 0. The molecular weight excluding hydrogens is 414 g/mol. The first-order valence-corrected chi connectivity index (χ1v) is 10.9. The summed E-state index contributed by atoms with van der Waals surface area (Å²) in [7, 11) is 1.64. The Morgan fingerprint density at radius 3 is 1.91 bits per heavy atom. The van der Waals surface area contributed by atoms with Crippen LogP contribution >= 0.6 is 0 Å². The van der Waals surface area contributed by atoms with Gasteiger partial charge in [-0.3, -0.25) is 4.79 Å². The van der Waals surface area contributed by atoms with E-state index in [1.54, 1.807) is 7.11 Å². The van der Waals surface area contributed by atoms with Crippen LogP contribution in [0.15, 0.2) is 36.4 Å². The fourth-order valence-corrected chi connectivity index (χ4v) is 2.95. The minimum atomic E-state index is -0.356. The highest BCUT2D eigenvalue weighted by Crippen LogP contribution is 2.25. The van der Waals surface area contributed by atoms with Crippen molar-refractivity contribution < 1.29 is 33.2 Å². The zero-order valence-corrected chi connectivity index (χ0v) is 19.0. The van der Waals surface area contributed by atoms with Gasteiger partial charge in [-0.15, -0.1) is 0 Å². The Kier molecular flexibility index (Phi) is 12.6. The molecule has 0 fully saturated rings. The number of benzene rings is 2. The van der Waals surface area contributed by atoms with E-state index in [2.05, 4.69) is 0 Å². The first kappa shape index (κ1) is 26.0. The monoisotopic (exact) mass is 449 g/mol. The lowest BCUT2D eigenvalue weighted by atomic mass is 9.98. The third-order valence-corrected chi connectivity index (χ3v) is 4.78. The summed E-state index contributed by atoms with van der Waals surface area (Å²) in [4.78, 5) is 12.3. The summed E-state index contributed by atoms with van der Waals surface area (Å²) in [5.41, 5.74) is 6.23. The van der Waals surface area contributed by atoms with Crippen LogP contribution in [0, 0.1) is 0 Å². The van der Waals surface area contributed by atoms with Crippen LogP contribution in [-0.2, 0) is 28.5 Å². The van der Waals surface area contributed by atoms with Crippen molar-refractivity contribution >= 4 is 16.7 Å². The number of nitrogens with two attached hydrogens (primary N) is 1. The highest BCUT2D eigenvalue weighted by atomic mass is 16.6. The molecule has 32 heavy (non-hydrogen) atoms. The van der Waals surface area contributed by atoms with E-state index in [9.17, 15) is 4.79 Å². The Morgan fingerprint density at radius 2 is 1.31 bits per heavy atom. The molecule has 8 nitrogen and oxygen atoms in total. The Hall–Kier alpha value is -2.23. The van der Waals surface area contributed by atoms with Gasteiger partial charge in [0, 0.05) is 6.54 Å². The van der Waals surface area contributed by atoms with Crippen LogP contribution in [0.4, 0.5) is 0 Å². The van der Waals surface area contributed by atoms with E-state index < -0.39 is 0 Å². The second-order valence-electron chi connectivity index (χ2n) is 7.10. The average Bonchev–Trinajstić information content (AvgIpc) is 2.82. The Morgan fingerprint density at radius 1 is 0.781 bits per heavy atom. The molecule has 2 aromatic carbocycles. The lowest BCUT2D eigenvalue weighted by molar-refractivity contribution is -0.146. The van der Waals surface area contributed by atoms with Crippen molar-refractivity contribution in [3.8, 4) is 5.75 Å². The highest BCUT2D eigenvalue weighted by Gasteiger charge is 2.17. The van der Waals surface area contributed by atoms with Gasteiger partial charge < -0.3 is 34.2 Å². The van der Waals surface area contributed by atoms with Crippen LogP contribution in [0.1, 0.15) is 18.4 Å². The average molecular weight is 450 g/mol. The number of fused-ring (bicyclic) bond motifs is 1. The summed E-state index contributed by atoms with van der Waals surface area (Å²) in [6.07, 6.45) is 0. The molecule has 0 radical (unpaired) electrons. The van der Waals surface area contributed by atoms with E-state index in [1.807, 2.05) is 43.3 Å². The van der Waals surface area contributed by atoms with Gasteiger partial charge in [0.1, 0.15) is 12.4 Å². The molecule has 0 saturated heterocycles. The van der Waals surface area contributed by atoms with Crippen molar-refractivity contribution in [2.75, 3.05) is 73.1 Å². The first-order chi connectivity index (χ1) is 15.7. The van der Waals surface area contributed by atoms with Gasteiger partial charge in [-0.05, 0) is 35.4 Å². The Bertz CT molecular complexity index is 799. The van der Waals surface area contributed by atoms with Crippen molar-refractivity contribution in [2.24, 2.45) is 5.73 Å². The van der Waals surface area contributed by atoms with Crippen molar-refractivity contribution in [1.82, 2.24) is 0 Å². The second-order valence-corrected chi connectivity index (χ2v) is 7.10. The largest absolute Gasteiger partial charge is 0.497 e. The minimum Gasteiger partial charge on any atom is -0.497 e. The number of rotatable bonds is 17. The third kappa shape index (κ3) is 9.50. The number of ether oxygens (including phenoxy) is 6. The molecule has 0 aliphatic heterocycles. The number of hydrogen-bond acceptors (Lipinski definition) is 8. The van der Waals surface area contributed by atoms with Gasteiger partial charge in [-0.1, -0.05) is 24.3 Å². The molecule has 178 valence electrons. The second kappa shape index (κ2) is 15.6. The molecule has 0 unspecified atom stereocenters. The molecule has 0 aliphatic carbocycles. The molecular formula is C24H35NO7. The Labute approximate surface area is 189 Å². The van der Waals surface area contributed by atoms with Crippen LogP contribution in [0.5, 0.6) is 5.75 Å². The Balaban J connectivity index is 1.53. The van der Waals surface area contributed by atoms with Gasteiger partial charge in [0.2, 0.25) is 0 Å². The number of carbonyl (C=O) groups is 1. The topological polar surface area (TPSA) is 98.5 Å². The molecule has 2 rings (SSSR count). The number of hydrogen-bond donors (Lipinski definition) is 1. The van der Waals surface area contributed by atoms with Crippen LogP contribution in [0.3, 0.4) is 0 Å². The van der Waals surface area contributed by atoms with Crippen molar-refractivity contribution in [2.45, 2.75) is 12.8 Å². The van der Waals surface area contributed by atoms with E-state index >= 15 is 0 Å². The SMILES string of the molecule is COc1ccc2cc([C@H](C)C(=O)OCCOCCOCCOCCOCCN)ccc2c1. The van der Waals surface area contributed by atoms with Gasteiger partial charge in [0.05, 0.1) is 65.9 Å². The summed E-state index contributed by atoms with van der Waals surface area (Å²) in [6, 6.07) is 11.8. The molecule has 0 saturated carbocycles. The molecule has 2 aromatic rings. The fraction of sp³-hybridized carbons (Fsp3) is 0.542. The molecule has 8 heteroatoms. The molecule has 0 spiro atoms. The smallest absolute Gasteiger partial charge is 0.313 e. The molecule has 0 amide bonds. The van der Waals surface area contributed by atoms with Crippen molar-refractivity contribution in [1.29, 1.82) is 0 Å². The summed E-state index contributed by atoms with van der Waals surface area (Å²) in [5.74, 6) is 0.177. The van der Waals surface area contributed by atoms with Gasteiger partial charge >= 0.3 is 5.97 Å². The summed E-state index contributed by atoms with van der Waals surface area (Å²) in [5, 5.41) is 2.11. The maximum absolute atomic E-state index is 12.3. The summed E-state index contributed by atoms with van der Waals surface area (Å²) in [6.45, 7) is 6.38.